The normalized spacial score (nSPS) is 13.7. The minimum atomic E-state index is -0.527. The fraction of sp³-hybridized carbons (Fsp3) is 0.250. The molecule has 0 saturated heterocycles. The summed E-state index contributed by atoms with van der Waals surface area (Å²) in [6.07, 6.45) is 2.07. The largest absolute Gasteiger partial charge is 0.488 e. The van der Waals surface area contributed by atoms with Gasteiger partial charge >= 0.3 is 5.97 Å². The van der Waals surface area contributed by atoms with Gasteiger partial charge in [0.1, 0.15) is 18.2 Å². The maximum absolute atomic E-state index is 13.5. The number of hydrogen-bond donors (Lipinski definition) is 2. The number of hydrogen-bond acceptors (Lipinski definition) is 4. The number of fused-ring (bicyclic) bond motifs is 2. The second-order valence-corrected chi connectivity index (χ2v) is 7.99. The van der Waals surface area contributed by atoms with E-state index < -0.39 is 12.0 Å². The summed E-state index contributed by atoms with van der Waals surface area (Å²) in [5.74, 6) is -0.429. The van der Waals surface area contributed by atoms with Crippen LogP contribution in [0.25, 0.3) is 17.0 Å². The quantitative estimate of drug-likeness (QED) is 0.516. The van der Waals surface area contributed by atoms with Gasteiger partial charge in [-0.05, 0) is 55.5 Å². The molecule has 0 aliphatic carbocycles. The standard InChI is InChI=1S/C24H22ClFN2O4/c1-2-31-23(29)12-20(11-19-10-14-9-18(26)4-5-21(14)27-19)28-24(30)16-7-15-8-17(25)3-6-22(15)32-13-16/h3-10,20,27H,2,11-13H2,1H3,(H,28,30)/t20-/m1/s1. The smallest absolute Gasteiger partial charge is 0.307 e. The molecule has 0 saturated carbocycles. The zero-order chi connectivity index (χ0) is 22.7. The Morgan fingerprint density at radius 1 is 1.25 bits per heavy atom. The van der Waals surface area contributed by atoms with E-state index in [9.17, 15) is 14.0 Å². The summed E-state index contributed by atoms with van der Waals surface area (Å²) in [5.41, 5.74) is 2.69. The van der Waals surface area contributed by atoms with Crippen LogP contribution in [0.1, 0.15) is 24.6 Å². The van der Waals surface area contributed by atoms with Crippen molar-refractivity contribution in [3.8, 4) is 5.75 Å². The van der Waals surface area contributed by atoms with Gasteiger partial charge in [0.25, 0.3) is 5.91 Å². The van der Waals surface area contributed by atoms with E-state index in [2.05, 4.69) is 10.3 Å². The monoisotopic (exact) mass is 456 g/mol. The summed E-state index contributed by atoms with van der Waals surface area (Å²) < 4.78 is 24.2. The van der Waals surface area contributed by atoms with Crippen molar-refractivity contribution < 1.29 is 23.5 Å². The Balaban J connectivity index is 1.53. The van der Waals surface area contributed by atoms with Gasteiger partial charge in [0.15, 0.2) is 0 Å². The Morgan fingerprint density at radius 2 is 2.09 bits per heavy atom. The van der Waals surface area contributed by atoms with Crippen LogP contribution in [0.3, 0.4) is 0 Å². The Bertz CT molecular complexity index is 1200. The van der Waals surface area contributed by atoms with Gasteiger partial charge < -0.3 is 19.8 Å². The molecule has 0 fully saturated rings. The number of amides is 1. The molecule has 0 bridgehead atoms. The first-order valence-electron chi connectivity index (χ1n) is 10.3. The maximum atomic E-state index is 13.5. The van der Waals surface area contributed by atoms with Crippen LogP contribution >= 0.6 is 11.6 Å². The molecule has 2 aromatic carbocycles. The fourth-order valence-electron chi connectivity index (χ4n) is 3.69. The number of carbonyl (C=O) groups is 2. The number of esters is 1. The maximum Gasteiger partial charge on any atom is 0.307 e. The Morgan fingerprint density at radius 3 is 2.91 bits per heavy atom. The van der Waals surface area contributed by atoms with Gasteiger partial charge in [0.2, 0.25) is 0 Å². The molecular formula is C24H22ClFN2O4. The molecule has 1 atom stereocenters. The van der Waals surface area contributed by atoms with Gasteiger partial charge in [-0.2, -0.15) is 0 Å². The Labute approximate surface area is 189 Å². The molecule has 2 heterocycles. The molecule has 1 amide bonds. The van der Waals surface area contributed by atoms with E-state index in [4.69, 9.17) is 21.1 Å². The van der Waals surface area contributed by atoms with Gasteiger partial charge in [-0.3, -0.25) is 9.59 Å². The molecule has 0 spiro atoms. The van der Waals surface area contributed by atoms with E-state index >= 15 is 0 Å². The van der Waals surface area contributed by atoms with Crippen LogP contribution in [0.5, 0.6) is 5.75 Å². The second-order valence-electron chi connectivity index (χ2n) is 7.55. The van der Waals surface area contributed by atoms with E-state index in [0.29, 0.717) is 28.3 Å². The first kappa shape index (κ1) is 21.9. The van der Waals surface area contributed by atoms with Crippen molar-refractivity contribution in [1.82, 2.24) is 10.3 Å². The van der Waals surface area contributed by atoms with Crippen molar-refractivity contribution in [3.63, 3.8) is 0 Å². The van der Waals surface area contributed by atoms with E-state index in [-0.39, 0.29) is 31.4 Å². The minimum absolute atomic E-state index is 0.000140. The SMILES string of the molecule is CCOC(=O)C[C@@H](Cc1cc2cc(F)ccc2[nH]1)NC(=O)C1=Cc2cc(Cl)ccc2OC1. The van der Waals surface area contributed by atoms with Gasteiger partial charge in [0.05, 0.1) is 18.6 Å². The van der Waals surface area contributed by atoms with Crippen molar-refractivity contribution in [1.29, 1.82) is 0 Å². The summed E-state index contributed by atoms with van der Waals surface area (Å²) in [7, 11) is 0. The van der Waals surface area contributed by atoms with Gasteiger partial charge in [-0.15, -0.1) is 0 Å². The summed E-state index contributed by atoms with van der Waals surface area (Å²) in [6, 6.07) is 10.9. The average Bonchev–Trinajstić information content (AvgIpc) is 3.14. The summed E-state index contributed by atoms with van der Waals surface area (Å²) in [6.45, 7) is 2.09. The van der Waals surface area contributed by atoms with Gasteiger partial charge in [-0.25, -0.2) is 4.39 Å². The first-order chi connectivity index (χ1) is 15.4. The number of aromatic amines is 1. The van der Waals surface area contributed by atoms with Crippen molar-refractivity contribution >= 4 is 40.5 Å². The lowest BCUT2D eigenvalue weighted by atomic mass is 10.0. The topological polar surface area (TPSA) is 80.4 Å². The number of nitrogens with one attached hydrogen (secondary N) is 2. The third kappa shape index (κ3) is 5.11. The van der Waals surface area contributed by atoms with E-state index in [1.54, 1.807) is 37.3 Å². The third-order valence-corrected chi connectivity index (χ3v) is 5.37. The molecule has 2 N–H and O–H groups in total. The van der Waals surface area contributed by atoms with E-state index in [1.165, 1.54) is 12.1 Å². The van der Waals surface area contributed by atoms with Crippen LogP contribution in [0.4, 0.5) is 4.39 Å². The Kier molecular flexibility index (Phi) is 6.46. The molecule has 32 heavy (non-hydrogen) atoms. The number of halogens is 2. The highest BCUT2D eigenvalue weighted by molar-refractivity contribution is 6.30. The molecule has 8 heteroatoms. The fourth-order valence-corrected chi connectivity index (χ4v) is 3.87. The lowest BCUT2D eigenvalue weighted by molar-refractivity contribution is -0.143. The molecule has 0 radical (unpaired) electrons. The lowest BCUT2D eigenvalue weighted by Crippen LogP contribution is -2.40. The predicted octanol–water partition coefficient (Wildman–Crippen LogP) is 4.42. The molecule has 1 aromatic heterocycles. The zero-order valence-electron chi connectivity index (χ0n) is 17.4. The van der Waals surface area contributed by atoms with Gasteiger partial charge in [-0.1, -0.05) is 11.6 Å². The van der Waals surface area contributed by atoms with Crippen LogP contribution < -0.4 is 10.1 Å². The Hall–Kier alpha value is -3.32. The number of rotatable bonds is 7. The van der Waals surface area contributed by atoms with Crippen LogP contribution in [0.2, 0.25) is 5.02 Å². The number of aromatic nitrogens is 1. The molecule has 6 nitrogen and oxygen atoms in total. The minimum Gasteiger partial charge on any atom is -0.488 e. The highest BCUT2D eigenvalue weighted by Gasteiger charge is 2.23. The van der Waals surface area contributed by atoms with Crippen LogP contribution in [0.15, 0.2) is 48.0 Å². The van der Waals surface area contributed by atoms with Crippen LogP contribution in [-0.4, -0.2) is 36.1 Å². The first-order valence-corrected chi connectivity index (χ1v) is 10.7. The lowest BCUT2D eigenvalue weighted by Gasteiger charge is -2.21. The molecule has 4 rings (SSSR count). The number of H-pyrrole nitrogens is 1. The molecular weight excluding hydrogens is 435 g/mol. The van der Waals surface area contributed by atoms with E-state index in [0.717, 1.165) is 16.6 Å². The predicted molar refractivity (Wildman–Crippen MR) is 120 cm³/mol. The van der Waals surface area contributed by atoms with E-state index in [1.807, 2.05) is 6.07 Å². The summed E-state index contributed by atoms with van der Waals surface area (Å²) >= 11 is 6.05. The molecule has 1 aliphatic heterocycles. The van der Waals surface area contributed by atoms with Crippen LogP contribution in [-0.2, 0) is 20.7 Å². The average molecular weight is 457 g/mol. The van der Waals surface area contributed by atoms with Crippen molar-refractivity contribution in [2.24, 2.45) is 0 Å². The highest BCUT2D eigenvalue weighted by Crippen LogP contribution is 2.29. The zero-order valence-corrected chi connectivity index (χ0v) is 18.2. The van der Waals surface area contributed by atoms with Crippen LogP contribution in [0, 0.1) is 5.82 Å². The van der Waals surface area contributed by atoms with Crippen molar-refractivity contribution in [3.05, 3.63) is 70.1 Å². The summed E-state index contributed by atoms with van der Waals surface area (Å²) in [4.78, 5) is 28.3. The molecule has 0 unspecified atom stereocenters. The van der Waals surface area contributed by atoms with Crippen molar-refractivity contribution in [2.45, 2.75) is 25.8 Å². The second kappa shape index (κ2) is 9.44. The van der Waals surface area contributed by atoms with Crippen molar-refractivity contribution in [2.75, 3.05) is 13.2 Å². The molecule has 166 valence electrons. The molecule has 1 aliphatic rings. The molecule has 3 aromatic rings. The number of ether oxygens (including phenoxy) is 2. The highest BCUT2D eigenvalue weighted by atomic mass is 35.5. The number of benzene rings is 2. The third-order valence-electron chi connectivity index (χ3n) is 5.13. The van der Waals surface area contributed by atoms with Gasteiger partial charge in [0, 0.05) is 39.6 Å². The summed E-state index contributed by atoms with van der Waals surface area (Å²) in [5, 5.41) is 4.17. The number of carbonyl (C=O) groups excluding carboxylic acids is 2.